The van der Waals surface area contributed by atoms with E-state index in [-0.39, 0.29) is 28.1 Å². The number of halogens is 1. The average molecular weight is 369 g/mol. The molecule has 0 saturated heterocycles. The molecule has 1 atom stereocenters. The van der Waals surface area contributed by atoms with Gasteiger partial charge in [-0.3, -0.25) is 14.7 Å². The number of nitrogens with one attached hydrogen (secondary N) is 2. The van der Waals surface area contributed by atoms with E-state index >= 15 is 0 Å². The van der Waals surface area contributed by atoms with Crippen molar-refractivity contribution >= 4 is 11.9 Å². The van der Waals surface area contributed by atoms with Crippen LogP contribution in [0, 0.1) is 5.82 Å². The van der Waals surface area contributed by atoms with Crippen molar-refractivity contribution in [3.8, 4) is 17.0 Å². The standard InChI is InChI=1S/C19H16FN3O4/c20-14-7-3-1-5-11(14)18-13(10-21-23-18)19(27)22-15(9-17(25)26)12-6-2-4-8-16(12)24/h1-8,10,15,24H,9H2,(H,21,23)(H,22,27)(H,25,26)/t15-/m0/s1. The minimum Gasteiger partial charge on any atom is -0.508 e. The summed E-state index contributed by atoms with van der Waals surface area (Å²) in [7, 11) is 0. The monoisotopic (exact) mass is 369 g/mol. The van der Waals surface area contributed by atoms with Crippen LogP contribution in [-0.2, 0) is 4.79 Å². The van der Waals surface area contributed by atoms with E-state index in [2.05, 4.69) is 15.5 Å². The number of aliphatic carboxylic acids is 1. The number of nitrogens with zero attached hydrogens (tertiary/aromatic N) is 1. The van der Waals surface area contributed by atoms with E-state index in [1.807, 2.05) is 0 Å². The van der Waals surface area contributed by atoms with Crippen molar-refractivity contribution in [1.29, 1.82) is 0 Å². The number of aromatic nitrogens is 2. The summed E-state index contributed by atoms with van der Waals surface area (Å²) in [6.45, 7) is 0. The summed E-state index contributed by atoms with van der Waals surface area (Å²) < 4.78 is 14.1. The van der Waals surface area contributed by atoms with E-state index in [9.17, 15) is 19.1 Å². The Bertz CT molecular complexity index is 986. The number of phenols is 1. The van der Waals surface area contributed by atoms with Gasteiger partial charge in [0.05, 0.1) is 29.9 Å². The molecule has 1 amide bonds. The van der Waals surface area contributed by atoms with Crippen LogP contribution in [-0.4, -0.2) is 32.3 Å². The maximum Gasteiger partial charge on any atom is 0.305 e. The zero-order valence-corrected chi connectivity index (χ0v) is 14.0. The van der Waals surface area contributed by atoms with Gasteiger partial charge in [0.2, 0.25) is 0 Å². The fourth-order valence-corrected chi connectivity index (χ4v) is 2.76. The molecule has 0 aliphatic rings. The number of carboxylic acid groups (broad SMARTS) is 1. The van der Waals surface area contributed by atoms with Crippen LogP contribution < -0.4 is 5.32 Å². The third kappa shape index (κ3) is 3.95. The molecular formula is C19H16FN3O4. The number of aromatic hydroxyl groups is 1. The van der Waals surface area contributed by atoms with Gasteiger partial charge in [-0.05, 0) is 18.2 Å². The van der Waals surface area contributed by atoms with E-state index in [4.69, 9.17) is 5.11 Å². The third-order valence-electron chi connectivity index (χ3n) is 4.02. The molecule has 27 heavy (non-hydrogen) atoms. The Balaban J connectivity index is 1.92. The first-order valence-corrected chi connectivity index (χ1v) is 8.06. The first-order valence-electron chi connectivity index (χ1n) is 8.06. The lowest BCUT2D eigenvalue weighted by atomic mass is 10.0. The molecule has 138 valence electrons. The summed E-state index contributed by atoms with van der Waals surface area (Å²) in [5, 5.41) is 28.1. The number of aromatic amines is 1. The Morgan fingerprint density at radius 1 is 1.15 bits per heavy atom. The van der Waals surface area contributed by atoms with Gasteiger partial charge >= 0.3 is 5.97 Å². The lowest BCUT2D eigenvalue weighted by Gasteiger charge is -2.18. The summed E-state index contributed by atoms with van der Waals surface area (Å²) in [5.41, 5.74) is 0.671. The van der Waals surface area contributed by atoms with Crippen LogP contribution in [0.1, 0.15) is 28.4 Å². The average Bonchev–Trinajstić information content (AvgIpc) is 3.11. The number of hydrogen-bond acceptors (Lipinski definition) is 4. The van der Waals surface area contributed by atoms with Gasteiger partial charge in [-0.2, -0.15) is 5.10 Å². The van der Waals surface area contributed by atoms with Crippen LogP contribution in [0.4, 0.5) is 4.39 Å². The maximum absolute atomic E-state index is 14.1. The highest BCUT2D eigenvalue weighted by molar-refractivity contribution is 6.00. The fraction of sp³-hybridized carbons (Fsp3) is 0.105. The second-order valence-electron chi connectivity index (χ2n) is 5.82. The van der Waals surface area contributed by atoms with Gasteiger partial charge in [0.1, 0.15) is 11.6 Å². The quantitative estimate of drug-likeness (QED) is 0.533. The van der Waals surface area contributed by atoms with E-state index in [0.29, 0.717) is 0 Å². The van der Waals surface area contributed by atoms with Gasteiger partial charge in [-0.1, -0.05) is 30.3 Å². The number of rotatable bonds is 6. The minimum absolute atomic E-state index is 0.0610. The summed E-state index contributed by atoms with van der Waals surface area (Å²) >= 11 is 0. The van der Waals surface area contributed by atoms with Crippen molar-refractivity contribution in [1.82, 2.24) is 15.5 Å². The van der Waals surface area contributed by atoms with Crippen molar-refractivity contribution in [3.63, 3.8) is 0 Å². The number of para-hydroxylation sites is 1. The Morgan fingerprint density at radius 2 is 1.85 bits per heavy atom. The number of carbonyl (C=O) groups excluding carboxylic acids is 1. The highest BCUT2D eigenvalue weighted by Crippen LogP contribution is 2.28. The largest absolute Gasteiger partial charge is 0.508 e. The van der Waals surface area contributed by atoms with Gasteiger partial charge < -0.3 is 15.5 Å². The van der Waals surface area contributed by atoms with Gasteiger partial charge in [-0.25, -0.2) is 4.39 Å². The normalized spacial score (nSPS) is 11.7. The number of phenolic OH excluding ortho intramolecular Hbond substituents is 1. The molecule has 1 aromatic heterocycles. The first kappa shape index (κ1) is 18.1. The van der Waals surface area contributed by atoms with Crippen LogP contribution in [0.15, 0.2) is 54.7 Å². The maximum atomic E-state index is 14.1. The SMILES string of the molecule is O=C(O)C[C@H](NC(=O)c1cn[nH]c1-c1ccccc1F)c1ccccc1O. The number of carboxylic acids is 1. The van der Waals surface area contributed by atoms with Gasteiger partial charge in [0.25, 0.3) is 5.91 Å². The molecule has 4 N–H and O–H groups in total. The number of carbonyl (C=O) groups is 2. The molecule has 0 saturated carbocycles. The van der Waals surface area contributed by atoms with Crippen LogP contribution in [0.5, 0.6) is 5.75 Å². The Hall–Kier alpha value is -3.68. The second-order valence-corrected chi connectivity index (χ2v) is 5.82. The summed E-state index contributed by atoms with van der Waals surface area (Å²) in [6, 6.07) is 11.1. The molecule has 2 aromatic carbocycles. The zero-order valence-electron chi connectivity index (χ0n) is 14.0. The highest BCUT2D eigenvalue weighted by atomic mass is 19.1. The van der Waals surface area contributed by atoms with E-state index < -0.39 is 30.2 Å². The number of benzene rings is 2. The van der Waals surface area contributed by atoms with Crippen LogP contribution >= 0.6 is 0 Å². The molecule has 0 aliphatic heterocycles. The van der Waals surface area contributed by atoms with Crippen molar-refractivity contribution in [2.24, 2.45) is 0 Å². The topological polar surface area (TPSA) is 115 Å². The lowest BCUT2D eigenvalue weighted by Crippen LogP contribution is -2.30. The molecule has 7 nitrogen and oxygen atoms in total. The molecule has 3 rings (SSSR count). The number of H-pyrrole nitrogens is 1. The second kappa shape index (κ2) is 7.69. The van der Waals surface area contributed by atoms with Gasteiger partial charge in [-0.15, -0.1) is 0 Å². The first-order chi connectivity index (χ1) is 13.0. The van der Waals surface area contributed by atoms with Crippen molar-refractivity contribution < 1.29 is 24.2 Å². The molecule has 0 aliphatic carbocycles. The zero-order chi connectivity index (χ0) is 19.4. The van der Waals surface area contributed by atoms with E-state index in [1.165, 1.54) is 36.5 Å². The smallest absolute Gasteiger partial charge is 0.305 e. The summed E-state index contributed by atoms with van der Waals surface area (Å²) in [5.74, 6) is -2.45. The predicted molar refractivity (Wildman–Crippen MR) is 94.5 cm³/mol. The summed E-state index contributed by atoms with van der Waals surface area (Å²) in [6.07, 6.45) is 0.802. The Kier molecular flexibility index (Phi) is 5.16. The van der Waals surface area contributed by atoms with Gasteiger partial charge in [0.15, 0.2) is 0 Å². The Labute approximate surface area is 153 Å². The summed E-state index contributed by atoms with van der Waals surface area (Å²) in [4.78, 5) is 23.9. The molecular weight excluding hydrogens is 353 g/mol. The Morgan fingerprint density at radius 3 is 2.56 bits per heavy atom. The van der Waals surface area contributed by atoms with Crippen molar-refractivity contribution in [2.75, 3.05) is 0 Å². The minimum atomic E-state index is -1.15. The number of amides is 1. The fourth-order valence-electron chi connectivity index (χ4n) is 2.76. The van der Waals surface area contributed by atoms with Crippen LogP contribution in [0.3, 0.4) is 0 Å². The van der Waals surface area contributed by atoms with Crippen molar-refractivity contribution in [3.05, 3.63) is 71.7 Å². The molecule has 0 radical (unpaired) electrons. The molecule has 1 heterocycles. The molecule has 0 spiro atoms. The number of hydrogen-bond donors (Lipinski definition) is 4. The van der Waals surface area contributed by atoms with Crippen LogP contribution in [0.25, 0.3) is 11.3 Å². The van der Waals surface area contributed by atoms with Gasteiger partial charge in [0, 0.05) is 11.1 Å². The molecule has 0 fully saturated rings. The molecule has 0 unspecified atom stereocenters. The third-order valence-corrected chi connectivity index (χ3v) is 4.02. The molecule has 8 heteroatoms. The molecule has 3 aromatic rings. The van der Waals surface area contributed by atoms with E-state index in [1.54, 1.807) is 18.2 Å². The van der Waals surface area contributed by atoms with Crippen LogP contribution in [0.2, 0.25) is 0 Å². The molecule has 0 bridgehead atoms. The highest BCUT2D eigenvalue weighted by Gasteiger charge is 2.24. The predicted octanol–water partition coefficient (Wildman–Crippen LogP) is 2.87. The van der Waals surface area contributed by atoms with Crippen molar-refractivity contribution in [2.45, 2.75) is 12.5 Å². The lowest BCUT2D eigenvalue weighted by molar-refractivity contribution is -0.137. The van der Waals surface area contributed by atoms with E-state index in [0.717, 1.165) is 0 Å².